The number of fused-ring (bicyclic) bond motifs is 3. The van der Waals surface area contributed by atoms with Crippen LogP contribution in [-0.2, 0) is 10.0 Å². The third-order valence-corrected chi connectivity index (χ3v) is 9.27. The molecule has 3 aromatic carbocycles. The van der Waals surface area contributed by atoms with Gasteiger partial charge in [-0.25, -0.2) is 8.42 Å². The van der Waals surface area contributed by atoms with E-state index < -0.39 is 10.0 Å². The zero-order valence-corrected chi connectivity index (χ0v) is 21.4. The van der Waals surface area contributed by atoms with E-state index in [1.165, 1.54) is 15.6 Å². The number of benzene rings is 3. The third kappa shape index (κ3) is 4.20. The largest absolute Gasteiger partial charge is 0.378 e. The Morgan fingerprint density at radius 1 is 0.914 bits per heavy atom. The molecule has 3 atom stereocenters. The van der Waals surface area contributed by atoms with E-state index in [2.05, 4.69) is 60.5 Å². The van der Waals surface area contributed by atoms with Gasteiger partial charge in [-0.05, 0) is 79.8 Å². The minimum atomic E-state index is -3.66. The van der Waals surface area contributed by atoms with Gasteiger partial charge in [-0.3, -0.25) is 4.31 Å². The Hall–Kier alpha value is -3.25. The van der Waals surface area contributed by atoms with Gasteiger partial charge in [-0.15, -0.1) is 0 Å². The van der Waals surface area contributed by atoms with Crippen molar-refractivity contribution >= 4 is 27.1 Å². The van der Waals surface area contributed by atoms with Gasteiger partial charge in [0.2, 0.25) is 0 Å². The van der Waals surface area contributed by atoms with Crippen molar-refractivity contribution in [3.05, 3.63) is 96.1 Å². The number of sulfonamides is 1. The average Bonchev–Trinajstić information content (AvgIpc) is 3.39. The van der Waals surface area contributed by atoms with Crippen LogP contribution in [0.1, 0.15) is 43.4 Å². The van der Waals surface area contributed by atoms with Gasteiger partial charge in [0.05, 0.1) is 16.6 Å². The summed E-state index contributed by atoms with van der Waals surface area (Å²) in [4.78, 5) is 2.67. The second-order valence-electron chi connectivity index (χ2n) is 9.30. The first-order valence-corrected chi connectivity index (χ1v) is 13.8. The molecule has 5 nitrogen and oxygen atoms in total. The number of anilines is 3. The summed E-state index contributed by atoms with van der Waals surface area (Å²) in [5, 5.41) is 3.74. The van der Waals surface area contributed by atoms with Crippen LogP contribution < -0.4 is 14.5 Å². The highest BCUT2D eigenvalue weighted by atomic mass is 32.2. The van der Waals surface area contributed by atoms with Crippen LogP contribution in [0.4, 0.5) is 17.1 Å². The van der Waals surface area contributed by atoms with Crippen molar-refractivity contribution in [2.45, 2.75) is 37.1 Å². The van der Waals surface area contributed by atoms with Crippen molar-refractivity contribution in [1.29, 1.82) is 0 Å². The van der Waals surface area contributed by atoms with E-state index in [-0.39, 0.29) is 12.0 Å². The predicted octanol–water partition coefficient (Wildman–Crippen LogP) is 6.18. The lowest BCUT2D eigenvalue weighted by atomic mass is 9.77. The summed E-state index contributed by atoms with van der Waals surface area (Å²) in [7, 11) is -2.05. The zero-order chi connectivity index (χ0) is 24.6. The Morgan fingerprint density at radius 3 is 2.31 bits per heavy atom. The predicted molar refractivity (Wildman–Crippen MR) is 145 cm³/mol. The first kappa shape index (κ1) is 23.5. The van der Waals surface area contributed by atoms with Crippen LogP contribution in [0.3, 0.4) is 0 Å². The summed E-state index contributed by atoms with van der Waals surface area (Å²) < 4.78 is 28.2. The van der Waals surface area contributed by atoms with E-state index in [0.717, 1.165) is 30.8 Å². The van der Waals surface area contributed by atoms with E-state index in [0.29, 0.717) is 16.5 Å². The number of rotatable bonds is 7. The molecule has 35 heavy (non-hydrogen) atoms. The Bertz CT molecular complexity index is 1320. The maximum Gasteiger partial charge on any atom is 0.264 e. The van der Waals surface area contributed by atoms with E-state index >= 15 is 0 Å². The molecule has 0 spiro atoms. The van der Waals surface area contributed by atoms with Gasteiger partial charge < -0.3 is 10.2 Å². The van der Waals surface area contributed by atoms with Gasteiger partial charge in [0.15, 0.2) is 0 Å². The molecule has 0 fully saturated rings. The SMILES string of the molecule is CCN(CC)c1ccc(C2Nc3ccc(S(=O)(=O)N(C)c4ccccc4)cc3C3C=CCC32)cc1. The maximum atomic E-state index is 13.4. The molecule has 0 saturated carbocycles. The molecule has 0 aromatic heterocycles. The smallest absolute Gasteiger partial charge is 0.264 e. The summed E-state index contributed by atoms with van der Waals surface area (Å²) in [5.74, 6) is 0.544. The molecular weight excluding hydrogens is 454 g/mol. The van der Waals surface area contributed by atoms with E-state index in [1.807, 2.05) is 42.5 Å². The van der Waals surface area contributed by atoms with Gasteiger partial charge >= 0.3 is 0 Å². The lowest BCUT2D eigenvalue weighted by Gasteiger charge is -2.38. The van der Waals surface area contributed by atoms with E-state index in [1.54, 1.807) is 13.1 Å². The summed E-state index contributed by atoms with van der Waals surface area (Å²) >= 11 is 0. The highest BCUT2D eigenvalue weighted by Crippen LogP contribution is 2.50. The number of nitrogens with one attached hydrogen (secondary N) is 1. The summed E-state index contributed by atoms with van der Waals surface area (Å²) in [6, 6.07) is 23.8. The van der Waals surface area contributed by atoms with Gasteiger partial charge in [0, 0.05) is 37.4 Å². The molecule has 3 unspecified atom stereocenters. The maximum absolute atomic E-state index is 13.4. The van der Waals surface area contributed by atoms with Crippen molar-refractivity contribution in [3.63, 3.8) is 0 Å². The monoisotopic (exact) mass is 487 g/mol. The fourth-order valence-corrected chi connectivity index (χ4v) is 6.71. The van der Waals surface area contributed by atoms with Crippen molar-refractivity contribution < 1.29 is 8.42 Å². The van der Waals surface area contributed by atoms with Crippen LogP contribution in [0, 0.1) is 5.92 Å². The molecule has 5 rings (SSSR count). The highest BCUT2D eigenvalue weighted by Gasteiger charge is 2.38. The quantitative estimate of drug-likeness (QED) is 0.404. The Balaban J connectivity index is 1.46. The van der Waals surface area contributed by atoms with Crippen LogP contribution in [0.15, 0.2) is 89.8 Å². The molecule has 3 aromatic rings. The molecule has 182 valence electrons. The molecule has 0 amide bonds. The number of allylic oxidation sites excluding steroid dienone is 2. The number of hydrogen-bond donors (Lipinski definition) is 1. The zero-order valence-electron chi connectivity index (χ0n) is 20.6. The van der Waals surface area contributed by atoms with Crippen LogP contribution in [0.5, 0.6) is 0 Å². The van der Waals surface area contributed by atoms with Gasteiger partial charge in [0.25, 0.3) is 10.0 Å². The van der Waals surface area contributed by atoms with Gasteiger partial charge in [-0.1, -0.05) is 42.5 Å². The number of hydrogen-bond acceptors (Lipinski definition) is 4. The summed E-state index contributed by atoms with van der Waals surface area (Å²) in [6.45, 7) is 6.34. The Labute approximate surface area is 209 Å². The Morgan fingerprint density at radius 2 is 1.63 bits per heavy atom. The molecule has 0 saturated heterocycles. The van der Waals surface area contributed by atoms with Gasteiger partial charge in [0.1, 0.15) is 0 Å². The fraction of sp³-hybridized carbons (Fsp3) is 0.310. The minimum Gasteiger partial charge on any atom is -0.378 e. The molecule has 1 N–H and O–H groups in total. The first-order chi connectivity index (χ1) is 16.9. The highest BCUT2D eigenvalue weighted by molar-refractivity contribution is 7.92. The van der Waals surface area contributed by atoms with Crippen LogP contribution >= 0.6 is 0 Å². The van der Waals surface area contributed by atoms with Crippen LogP contribution in [-0.4, -0.2) is 28.6 Å². The molecule has 0 bridgehead atoms. The van der Waals surface area contributed by atoms with Crippen molar-refractivity contribution in [3.8, 4) is 0 Å². The van der Waals surface area contributed by atoms with Crippen LogP contribution in [0.2, 0.25) is 0 Å². The number of para-hydroxylation sites is 1. The second kappa shape index (κ2) is 9.42. The molecular formula is C29H33N3O2S. The Kier molecular flexibility index (Phi) is 6.32. The second-order valence-corrected chi connectivity index (χ2v) is 11.3. The topological polar surface area (TPSA) is 52.7 Å². The van der Waals surface area contributed by atoms with Gasteiger partial charge in [-0.2, -0.15) is 0 Å². The third-order valence-electron chi connectivity index (χ3n) is 7.49. The molecule has 1 aliphatic carbocycles. The first-order valence-electron chi connectivity index (χ1n) is 12.4. The van der Waals surface area contributed by atoms with E-state index in [4.69, 9.17) is 0 Å². The molecule has 1 aliphatic heterocycles. The summed E-state index contributed by atoms with van der Waals surface area (Å²) in [6.07, 6.45) is 5.46. The molecule has 6 heteroatoms. The standard InChI is InChI=1S/C29H33N3O2S/c1-4-32(5-2)23-16-14-21(15-17-23)29-26-13-9-12-25(26)27-20-24(18-19-28(27)30-29)35(33,34)31(3)22-10-7-6-8-11-22/h6-12,14-20,25-26,29-30H,4-5,13H2,1-3H3. The minimum absolute atomic E-state index is 0.183. The molecule has 2 aliphatic rings. The van der Waals surface area contributed by atoms with E-state index in [9.17, 15) is 8.42 Å². The summed E-state index contributed by atoms with van der Waals surface area (Å²) in [5.41, 5.74) is 5.23. The normalized spacial score (nSPS) is 20.6. The average molecular weight is 488 g/mol. The van der Waals surface area contributed by atoms with Crippen molar-refractivity contribution in [2.75, 3.05) is 34.7 Å². The fourth-order valence-electron chi connectivity index (χ4n) is 5.48. The molecule has 0 radical (unpaired) electrons. The van der Waals surface area contributed by atoms with Crippen molar-refractivity contribution in [1.82, 2.24) is 0 Å². The number of nitrogens with zero attached hydrogens (tertiary/aromatic N) is 2. The lowest BCUT2D eigenvalue weighted by molar-refractivity contribution is 0.425. The molecule has 1 heterocycles. The van der Waals surface area contributed by atoms with Crippen molar-refractivity contribution in [2.24, 2.45) is 5.92 Å². The lowest BCUT2D eigenvalue weighted by Crippen LogP contribution is -2.30. The van der Waals surface area contributed by atoms with Crippen LogP contribution in [0.25, 0.3) is 0 Å².